The van der Waals surface area contributed by atoms with E-state index in [1.165, 1.54) is 0 Å². The molecule has 0 saturated carbocycles. The molecule has 0 bridgehead atoms. The Morgan fingerprint density at radius 2 is 1.78 bits per heavy atom. The Morgan fingerprint density at radius 3 is 2.30 bits per heavy atom. The molecule has 1 unspecified atom stereocenters. The molecule has 0 saturated heterocycles. The molecule has 5 nitrogen and oxygen atoms in total. The summed E-state index contributed by atoms with van der Waals surface area (Å²) in [6.45, 7) is 9.83. The van der Waals surface area contributed by atoms with E-state index in [-0.39, 0.29) is 12.6 Å². The summed E-state index contributed by atoms with van der Waals surface area (Å²) in [5, 5.41) is 6.57. The van der Waals surface area contributed by atoms with Gasteiger partial charge in [-0.1, -0.05) is 23.8 Å². The molecule has 1 atom stereocenters. The molecule has 7 heteroatoms. The zero-order valence-electron chi connectivity index (χ0n) is 16.3. The molecule has 1 aromatic carbocycles. The molecule has 0 radical (unpaired) electrons. The van der Waals surface area contributed by atoms with E-state index in [2.05, 4.69) is 9.82 Å². The van der Waals surface area contributed by atoms with Gasteiger partial charge in [0.25, 0.3) is 0 Å². The quantitative estimate of drug-likeness (QED) is 0.675. The zero-order chi connectivity index (χ0) is 19.8. The average Bonchev–Trinajstić information content (AvgIpc) is 3.16. The van der Waals surface area contributed by atoms with E-state index in [1.54, 1.807) is 11.3 Å². The molecule has 144 valence electrons. The maximum Gasteiger partial charge on any atom is 0.241 e. The number of nitrogens with zero attached hydrogens (tertiary/aromatic N) is 2. The van der Waals surface area contributed by atoms with Gasteiger partial charge in [0.05, 0.1) is 16.6 Å². The van der Waals surface area contributed by atoms with Crippen LogP contribution in [-0.4, -0.2) is 24.7 Å². The van der Waals surface area contributed by atoms with Crippen LogP contribution in [0.25, 0.3) is 0 Å². The minimum Gasteiger partial charge on any atom is -0.260 e. The van der Waals surface area contributed by atoms with Crippen molar-refractivity contribution in [2.75, 3.05) is 6.54 Å². The van der Waals surface area contributed by atoms with Crippen LogP contribution in [0.3, 0.4) is 0 Å². The summed E-state index contributed by atoms with van der Waals surface area (Å²) in [5.41, 5.74) is 4.51. The van der Waals surface area contributed by atoms with Crippen molar-refractivity contribution >= 4 is 21.4 Å². The van der Waals surface area contributed by atoms with Gasteiger partial charge in [0.15, 0.2) is 0 Å². The van der Waals surface area contributed by atoms with E-state index in [9.17, 15) is 8.42 Å². The van der Waals surface area contributed by atoms with Crippen LogP contribution in [0.4, 0.5) is 0 Å². The highest BCUT2D eigenvalue weighted by Gasteiger charge is 2.24. The van der Waals surface area contributed by atoms with E-state index in [0.29, 0.717) is 4.90 Å². The molecule has 27 heavy (non-hydrogen) atoms. The number of sulfonamides is 1. The van der Waals surface area contributed by atoms with Gasteiger partial charge < -0.3 is 0 Å². The fourth-order valence-electron chi connectivity index (χ4n) is 3.60. The molecule has 2 heterocycles. The van der Waals surface area contributed by atoms with Crippen LogP contribution in [-0.2, 0) is 10.0 Å². The first-order chi connectivity index (χ1) is 12.7. The van der Waals surface area contributed by atoms with Crippen LogP contribution < -0.4 is 4.72 Å². The third-order valence-corrected chi connectivity index (χ3v) is 7.25. The Labute approximate surface area is 165 Å². The topological polar surface area (TPSA) is 64.0 Å². The van der Waals surface area contributed by atoms with Crippen molar-refractivity contribution in [1.82, 2.24) is 14.5 Å². The second-order valence-corrected chi connectivity index (χ2v) is 9.67. The summed E-state index contributed by atoms with van der Waals surface area (Å²) in [5.74, 6) is 0. The number of hydrogen-bond donors (Lipinski definition) is 1. The summed E-state index contributed by atoms with van der Waals surface area (Å²) < 4.78 is 30.8. The van der Waals surface area contributed by atoms with Crippen LogP contribution in [0.2, 0.25) is 0 Å². The lowest BCUT2D eigenvalue weighted by Crippen LogP contribution is -2.32. The van der Waals surface area contributed by atoms with Crippen molar-refractivity contribution < 1.29 is 8.42 Å². The van der Waals surface area contributed by atoms with Crippen molar-refractivity contribution in [2.24, 2.45) is 0 Å². The third-order valence-electron chi connectivity index (χ3n) is 4.55. The lowest BCUT2D eigenvalue weighted by molar-refractivity contribution is 0.499. The van der Waals surface area contributed by atoms with Gasteiger partial charge in [0.1, 0.15) is 0 Å². The lowest BCUT2D eigenvalue weighted by Gasteiger charge is -2.20. The molecular formula is C20H25N3O2S2. The molecule has 3 aromatic rings. The Hall–Kier alpha value is -1.96. The monoisotopic (exact) mass is 403 g/mol. The number of benzene rings is 1. The Balaban J connectivity index is 1.93. The Bertz CT molecular complexity index is 1030. The summed E-state index contributed by atoms with van der Waals surface area (Å²) >= 11 is 1.60. The number of thiophene rings is 1. The molecule has 0 spiro atoms. The number of rotatable bonds is 6. The second-order valence-electron chi connectivity index (χ2n) is 6.98. The molecule has 0 aliphatic heterocycles. The molecular weight excluding hydrogens is 378 g/mol. The highest BCUT2D eigenvalue weighted by molar-refractivity contribution is 7.89. The molecule has 0 amide bonds. The van der Waals surface area contributed by atoms with Crippen LogP contribution in [0.15, 0.2) is 40.6 Å². The predicted molar refractivity (Wildman–Crippen MR) is 110 cm³/mol. The fraction of sp³-hybridized carbons (Fsp3) is 0.350. The van der Waals surface area contributed by atoms with Crippen molar-refractivity contribution in [1.29, 1.82) is 0 Å². The van der Waals surface area contributed by atoms with Crippen LogP contribution in [0.5, 0.6) is 0 Å². The van der Waals surface area contributed by atoms with E-state index in [4.69, 9.17) is 0 Å². The fourth-order valence-corrected chi connectivity index (χ4v) is 5.90. The van der Waals surface area contributed by atoms with Crippen LogP contribution in [0, 0.1) is 34.6 Å². The Kier molecular flexibility index (Phi) is 5.55. The van der Waals surface area contributed by atoms with Gasteiger partial charge in [-0.25, -0.2) is 13.1 Å². The minimum atomic E-state index is -3.63. The summed E-state index contributed by atoms with van der Waals surface area (Å²) in [6.07, 6.45) is 0. The van der Waals surface area contributed by atoms with Gasteiger partial charge in [-0.3, -0.25) is 4.68 Å². The van der Waals surface area contributed by atoms with Crippen molar-refractivity contribution in [3.05, 3.63) is 68.7 Å². The van der Waals surface area contributed by atoms with Gasteiger partial charge in [-0.05, 0) is 63.3 Å². The summed E-state index contributed by atoms with van der Waals surface area (Å²) in [7, 11) is -3.63. The SMILES string of the molecule is Cc1cc(C)c(S(=O)(=O)NCC(c2cccs2)n2nc(C)cc2C)c(C)c1. The zero-order valence-corrected chi connectivity index (χ0v) is 17.9. The summed E-state index contributed by atoms with van der Waals surface area (Å²) in [4.78, 5) is 1.44. The van der Waals surface area contributed by atoms with Crippen LogP contribution in [0.1, 0.15) is 39.0 Å². The van der Waals surface area contributed by atoms with Gasteiger partial charge >= 0.3 is 0 Å². The first kappa shape index (κ1) is 19.8. The number of aryl methyl sites for hydroxylation is 5. The molecule has 0 aliphatic rings. The van der Waals surface area contributed by atoms with E-state index < -0.39 is 10.0 Å². The number of hydrogen-bond acceptors (Lipinski definition) is 4. The largest absolute Gasteiger partial charge is 0.260 e. The molecule has 0 aliphatic carbocycles. The van der Waals surface area contributed by atoms with Crippen molar-refractivity contribution in [3.8, 4) is 0 Å². The highest BCUT2D eigenvalue weighted by Crippen LogP contribution is 2.26. The van der Waals surface area contributed by atoms with E-state index in [1.807, 2.05) is 75.0 Å². The lowest BCUT2D eigenvalue weighted by atomic mass is 10.1. The average molecular weight is 404 g/mol. The van der Waals surface area contributed by atoms with Crippen molar-refractivity contribution in [2.45, 2.75) is 45.6 Å². The third kappa shape index (κ3) is 4.15. The minimum absolute atomic E-state index is 0.181. The van der Waals surface area contributed by atoms with Crippen LogP contribution >= 0.6 is 11.3 Å². The molecule has 1 N–H and O–H groups in total. The van der Waals surface area contributed by atoms with E-state index >= 15 is 0 Å². The normalized spacial score (nSPS) is 13.1. The predicted octanol–water partition coefficient (Wildman–Crippen LogP) is 4.05. The highest BCUT2D eigenvalue weighted by atomic mass is 32.2. The molecule has 3 rings (SSSR count). The second kappa shape index (κ2) is 7.58. The number of nitrogens with one attached hydrogen (secondary N) is 1. The number of aromatic nitrogens is 2. The standard InChI is InChI=1S/C20H25N3O2S2/c1-13-9-14(2)20(15(3)10-13)27(24,25)21-12-18(19-7-6-8-26-19)23-17(5)11-16(4)22-23/h6-11,18,21H,12H2,1-5H3. The molecule has 0 fully saturated rings. The first-order valence-corrected chi connectivity index (χ1v) is 11.2. The van der Waals surface area contributed by atoms with Crippen molar-refractivity contribution in [3.63, 3.8) is 0 Å². The maximum absolute atomic E-state index is 13.0. The maximum atomic E-state index is 13.0. The smallest absolute Gasteiger partial charge is 0.241 e. The first-order valence-electron chi connectivity index (χ1n) is 8.82. The van der Waals surface area contributed by atoms with Gasteiger partial charge in [-0.15, -0.1) is 11.3 Å². The van der Waals surface area contributed by atoms with E-state index in [0.717, 1.165) is 33.0 Å². The summed E-state index contributed by atoms with van der Waals surface area (Å²) in [6, 6.07) is 9.62. The van der Waals surface area contributed by atoms with Gasteiger partial charge in [-0.2, -0.15) is 5.10 Å². The molecule has 2 aromatic heterocycles. The van der Waals surface area contributed by atoms with Gasteiger partial charge in [0, 0.05) is 17.1 Å². The van der Waals surface area contributed by atoms with Gasteiger partial charge in [0.2, 0.25) is 10.0 Å². The Morgan fingerprint density at radius 1 is 1.11 bits per heavy atom.